The summed E-state index contributed by atoms with van der Waals surface area (Å²) in [5, 5.41) is 12.0. The minimum Gasteiger partial charge on any atom is -0.358 e. The zero-order valence-electron chi connectivity index (χ0n) is 15.3. The van der Waals surface area contributed by atoms with Crippen molar-refractivity contribution in [2.45, 2.75) is 32.6 Å². The summed E-state index contributed by atoms with van der Waals surface area (Å²) in [7, 11) is 0. The molecule has 0 bridgehead atoms. The summed E-state index contributed by atoms with van der Waals surface area (Å²) >= 11 is 3.72. The molecule has 1 aromatic heterocycles. The van der Waals surface area contributed by atoms with Crippen molar-refractivity contribution in [3.8, 4) is 0 Å². The Labute approximate surface area is 166 Å². The summed E-state index contributed by atoms with van der Waals surface area (Å²) in [6, 6.07) is 12.4. The van der Waals surface area contributed by atoms with Gasteiger partial charge in [0.2, 0.25) is 0 Å². The molecular weight excluding hydrogens is 402 g/mol. The van der Waals surface area contributed by atoms with Crippen molar-refractivity contribution < 1.29 is 4.79 Å². The molecule has 4 nitrogen and oxygen atoms in total. The molecule has 3 aromatic rings. The number of allylic oxidation sites excluding steroid dienone is 2. The van der Waals surface area contributed by atoms with Crippen molar-refractivity contribution in [1.82, 2.24) is 10.2 Å². The van der Waals surface area contributed by atoms with Gasteiger partial charge < -0.3 is 5.32 Å². The average Bonchev–Trinajstić information content (AvgIpc) is 3.08. The molecule has 1 aliphatic heterocycles. The molecule has 0 radical (unpaired) electrons. The second-order valence-corrected chi connectivity index (χ2v) is 9.13. The van der Waals surface area contributed by atoms with Gasteiger partial charge in [-0.05, 0) is 35.6 Å². The summed E-state index contributed by atoms with van der Waals surface area (Å²) in [6.07, 6.45) is 3.28. The fourth-order valence-corrected chi connectivity index (χ4v) is 5.07. The van der Waals surface area contributed by atoms with Crippen LogP contribution < -0.4 is 5.32 Å². The number of nitrogens with one attached hydrogen (secondary N) is 2. The molecule has 0 saturated carbocycles. The number of carbonyl (C=O) groups is 1. The first-order valence-corrected chi connectivity index (χ1v) is 9.97. The lowest BCUT2D eigenvalue weighted by atomic mass is 9.68. The highest BCUT2D eigenvalue weighted by molar-refractivity contribution is 9.10. The summed E-state index contributed by atoms with van der Waals surface area (Å²) in [5.41, 5.74) is 6.18. The normalized spacial score (nSPS) is 21.0. The van der Waals surface area contributed by atoms with Gasteiger partial charge in [-0.15, -0.1) is 0 Å². The van der Waals surface area contributed by atoms with Gasteiger partial charge in [0.05, 0.1) is 11.7 Å². The maximum atomic E-state index is 13.3. The number of Topliss-reactive ketones (excluding diaryl/α,β-unsaturated/α-hetero) is 1. The molecule has 1 unspecified atom stereocenters. The van der Waals surface area contributed by atoms with Gasteiger partial charge in [-0.2, -0.15) is 5.10 Å². The number of H-pyrrole nitrogens is 1. The molecule has 1 aliphatic carbocycles. The van der Waals surface area contributed by atoms with E-state index in [0.717, 1.165) is 49.9 Å². The molecule has 27 heavy (non-hydrogen) atoms. The van der Waals surface area contributed by atoms with Crippen LogP contribution in [0.3, 0.4) is 0 Å². The van der Waals surface area contributed by atoms with Crippen molar-refractivity contribution in [2.75, 3.05) is 5.32 Å². The van der Waals surface area contributed by atoms with E-state index in [0.29, 0.717) is 6.42 Å². The average molecular weight is 422 g/mol. The third-order valence-corrected chi connectivity index (χ3v) is 6.38. The molecular formula is C22H20BrN3O. The van der Waals surface area contributed by atoms with Crippen molar-refractivity contribution in [3.05, 3.63) is 69.5 Å². The molecule has 5 rings (SSSR count). The second-order valence-electron chi connectivity index (χ2n) is 8.27. The number of rotatable bonds is 1. The number of nitrogens with zero attached hydrogens (tertiary/aromatic N) is 1. The maximum absolute atomic E-state index is 13.3. The fraction of sp³-hybridized carbons (Fsp3) is 0.273. The number of fused-ring (bicyclic) bond motifs is 3. The molecule has 0 saturated heterocycles. The monoisotopic (exact) mass is 421 g/mol. The van der Waals surface area contributed by atoms with Crippen LogP contribution in [-0.2, 0) is 4.79 Å². The van der Waals surface area contributed by atoms with Gasteiger partial charge >= 0.3 is 0 Å². The van der Waals surface area contributed by atoms with Crippen LogP contribution in [0.2, 0.25) is 0 Å². The molecule has 136 valence electrons. The summed E-state index contributed by atoms with van der Waals surface area (Å²) in [4.78, 5) is 13.3. The van der Waals surface area contributed by atoms with Crippen LogP contribution in [0.5, 0.6) is 0 Å². The van der Waals surface area contributed by atoms with Gasteiger partial charge in [-0.1, -0.05) is 48.0 Å². The predicted molar refractivity (Wildman–Crippen MR) is 111 cm³/mol. The number of ketones is 1. The van der Waals surface area contributed by atoms with E-state index < -0.39 is 0 Å². The topological polar surface area (TPSA) is 57.8 Å². The highest BCUT2D eigenvalue weighted by Crippen LogP contribution is 2.51. The van der Waals surface area contributed by atoms with Crippen LogP contribution in [0.4, 0.5) is 5.69 Å². The zero-order chi connectivity index (χ0) is 18.8. The van der Waals surface area contributed by atoms with Gasteiger partial charge in [-0.25, -0.2) is 0 Å². The van der Waals surface area contributed by atoms with Crippen molar-refractivity contribution >= 4 is 38.3 Å². The number of carbonyl (C=O) groups excluding carboxylic acids is 1. The van der Waals surface area contributed by atoms with E-state index in [9.17, 15) is 4.79 Å². The summed E-state index contributed by atoms with van der Waals surface area (Å²) in [5.74, 6) is 0.122. The number of benzene rings is 2. The van der Waals surface area contributed by atoms with Crippen LogP contribution >= 0.6 is 15.9 Å². The van der Waals surface area contributed by atoms with Gasteiger partial charge in [0.1, 0.15) is 0 Å². The highest BCUT2D eigenvalue weighted by Gasteiger charge is 2.41. The Morgan fingerprint density at radius 1 is 1.15 bits per heavy atom. The van der Waals surface area contributed by atoms with Crippen LogP contribution in [0.15, 0.2) is 58.3 Å². The number of anilines is 1. The van der Waals surface area contributed by atoms with E-state index in [1.807, 2.05) is 24.4 Å². The first kappa shape index (κ1) is 16.8. The molecule has 5 heteroatoms. The zero-order valence-corrected chi connectivity index (χ0v) is 16.9. The largest absolute Gasteiger partial charge is 0.358 e. The lowest BCUT2D eigenvalue weighted by Gasteiger charge is -2.39. The number of aromatic amines is 1. The Bertz CT molecular complexity index is 1130. The van der Waals surface area contributed by atoms with Crippen molar-refractivity contribution in [1.29, 1.82) is 0 Å². The van der Waals surface area contributed by atoms with Crippen LogP contribution in [-0.4, -0.2) is 16.0 Å². The number of hydrogen-bond acceptors (Lipinski definition) is 3. The van der Waals surface area contributed by atoms with Crippen LogP contribution in [0.1, 0.15) is 43.7 Å². The standard InChI is InChI=1S/C22H20BrN3O/c1-22(2)9-16-19(17(27)10-22)18(13-5-3-4-6-14(13)23)20-15(25-16)8-7-12-11-24-26-21(12)20/h3-8,11,18,25H,9-10H2,1-2H3,(H,24,26). The Morgan fingerprint density at radius 3 is 2.78 bits per heavy atom. The third kappa shape index (κ3) is 2.56. The van der Waals surface area contributed by atoms with Crippen LogP contribution in [0.25, 0.3) is 10.9 Å². The Balaban J connectivity index is 1.83. The van der Waals surface area contributed by atoms with E-state index in [-0.39, 0.29) is 17.1 Å². The molecule has 2 heterocycles. The van der Waals surface area contributed by atoms with Gasteiger partial charge in [0, 0.05) is 44.7 Å². The Kier molecular flexibility index (Phi) is 3.60. The number of halogens is 1. The molecule has 2 aliphatic rings. The van der Waals surface area contributed by atoms with E-state index >= 15 is 0 Å². The van der Waals surface area contributed by atoms with E-state index in [1.54, 1.807) is 0 Å². The van der Waals surface area contributed by atoms with Crippen molar-refractivity contribution in [3.63, 3.8) is 0 Å². The van der Waals surface area contributed by atoms with Gasteiger partial charge in [-0.3, -0.25) is 9.89 Å². The van der Waals surface area contributed by atoms with E-state index in [2.05, 4.69) is 63.5 Å². The lowest BCUT2D eigenvalue weighted by molar-refractivity contribution is -0.118. The quantitative estimate of drug-likeness (QED) is 0.543. The maximum Gasteiger partial charge on any atom is 0.162 e. The number of aromatic nitrogens is 2. The predicted octanol–water partition coefficient (Wildman–Crippen LogP) is 5.53. The lowest BCUT2D eigenvalue weighted by Crippen LogP contribution is -2.34. The third-order valence-electron chi connectivity index (χ3n) is 5.66. The van der Waals surface area contributed by atoms with E-state index in [4.69, 9.17) is 0 Å². The van der Waals surface area contributed by atoms with Gasteiger partial charge in [0.15, 0.2) is 5.78 Å². The van der Waals surface area contributed by atoms with Crippen molar-refractivity contribution in [2.24, 2.45) is 5.41 Å². The van der Waals surface area contributed by atoms with Crippen LogP contribution in [0, 0.1) is 5.41 Å². The molecule has 0 spiro atoms. The highest BCUT2D eigenvalue weighted by atomic mass is 79.9. The first-order chi connectivity index (χ1) is 12.9. The Morgan fingerprint density at radius 2 is 1.96 bits per heavy atom. The second kappa shape index (κ2) is 5.80. The molecule has 0 amide bonds. The van der Waals surface area contributed by atoms with Gasteiger partial charge in [0.25, 0.3) is 0 Å². The molecule has 1 atom stereocenters. The summed E-state index contributed by atoms with van der Waals surface area (Å²) < 4.78 is 1.02. The SMILES string of the molecule is CC1(C)CC(=O)C2=C(C1)Nc1ccc3cn[nH]c3c1C2c1ccccc1Br. The fourth-order valence-electron chi connectivity index (χ4n) is 4.55. The minimum atomic E-state index is -0.112. The molecule has 2 N–H and O–H groups in total. The number of hydrogen-bond donors (Lipinski definition) is 2. The molecule has 0 fully saturated rings. The molecule has 2 aromatic carbocycles. The van der Waals surface area contributed by atoms with E-state index in [1.165, 1.54) is 0 Å². The first-order valence-electron chi connectivity index (χ1n) is 9.18. The summed E-state index contributed by atoms with van der Waals surface area (Å²) in [6.45, 7) is 4.33. The smallest absolute Gasteiger partial charge is 0.162 e. The Hall–Kier alpha value is -2.40. The minimum absolute atomic E-state index is 0.0308.